The number of phenolic OH excluding ortho intramolecular Hbond substituents is 2. The summed E-state index contributed by atoms with van der Waals surface area (Å²) >= 11 is 2.78. The van der Waals surface area contributed by atoms with E-state index in [1.54, 1.807) is 0 Å². The van der Waals surface area contributed by atoms with E-state index in [0.29, 0.717) is 6.07 Å². The minimum Gasteiger partial charge on any atom is -0.504 e. The van der Waals surface area contributed by atoms with Crippen LogP contribution in [-0.2, 0) is 9.53 Å². The molecule has 0 saturated carbocycles. The number of benzene rings is 1. The molecular formula is C10H10BrFO5. The summed E-state index contributed by atoms with van der Waals surface area (Å²) in [5.41, 5.74) is -0.487. The number of ether oxygens (including phenoxy) is 1. The average molecular weight is 309 g/mol. The molecule has 0 spiro atoms. The van der Waals surface area contributed by atoms with Crippen LogP contribution in [0.5, 0.6) is 11.5 Å². The Labute approximate surface area is 105 Å². The molecule has 1 aromatic carbocycles. The summed E-state index contributed by atoms with van der Waals surface area (Å²) in [5.74, 6) is -3.44. The molecule has 0 aliphatic carbocycles. The van der Waals surface area contributed by atoms with Gasteiger partial charge in [-0.15, -0.1) is 0 Å². The van der Waals surface area contributed by atoms with Crippen LogP contribution < -0.4 is 0 Å². The van der Waals surface area contributed by atoms with Crippen molar-refractivity contribution < 1.29 is 29.2 Å². The molecule has 0 aliphatic rings. The van der Waals surface area contributed by atoms with E-state index in [4.69, 9.17) is 5.11 Å². The summed E-state index contributed by atoms with van der Waals surface area (Å²) < 4.78 is 17.7. The van der Waals surface area contributed by atoms with Crippen LogP contribution in [0.3, 0.4) is 0 Å². The molecule has 0 radical (unpaired) electrons. The molecule has 17 heavy (non-hydrogen) atoms. The number of carbonyl (C=O) groups excluding carboxylic acids is 1. The van der Waals surface area contributed by atoms with Crippen molar-refractivity contribution in [2.45, 2.75) is 13.0 Å². The van der Waals surface area contributed by atoms with Crippen LogP contribution in [0.15, 0.2) is 10.5 Å². The second-order valence-electron chi connectivity index (χ2n) is 3.11. The third-order valence-electron chi connectivity index (χ3n) is 1.99. The van der Waals surface area contributed by atoms with Crippen molar-refractivity contribution in [1.29, 1.82) is 0 Å². The summed E-state index contributed by atoms with van der Waals surface area (Å²) in [4.78, 5) is 11.2. The summed E-state index contributed by atoms with van der Waals surface area (Å²) in [7, 11) is 0. The minimum atomic E-state index is -1.88. The van der Waals surface area contributed by atoms with Crippen molar-refractivity contribution in [3.8, 4) is 11.5 Å². The van der Waals surface area contributed by atoms with E-state index >= 15 is 0 Å². The van der Waals surface area contributed by atoms with Crippen molar-refractivity contribution in [2.24, 2.45) is 0 Å². The molecule has 0 heterocycles. The van der Waals surface area contributed by atoms with Gasteiger partial charge < -0.3 is 20.1 Å². The number of hydrogen-bond donors (Lipinski definition) is 3. The molecule has 0 fully saturated rings. The lowest BCUT2D eigenvalue weighted by atomic mass is 10.1. The van der Waals surface area contributed by atoms with Crippen molar-refractivity contribution in [3.63, 3.8) is 0 Å². The third-order valence-corrected chi connectivity index (χ3v) is 2.79. The van der Waals surface area contributed by atoms with E-state index in [2.05, 4.69) is 20.7 Å². The van der Waals surface area contributed by atoms with Crippen LogP contribution in [0.25, 0.3) is 0 Å². The van der Waals surface area contributed by atoms with E-state index in [1.165, 1.54) is 6.92 Å². The lowest BCUT2D eigenvalue weighted by molar-refractivity contribution is -0.153. The first-order chi connectivity index (χ1) is 7.90. The highest BCUT2D eigenvalue weighted by molar-refractivity contribution is 9.10. The van der Waals surface area contributed by atoms with Gasteiger partial charge in [0.05, 0.1) is 11.1 Å². The maximum atomic E-state index is 13.5. The Morgan fingerprint density at radius 2 is 2.18 bits per heavy atom. The van der Waals surface area contributed by atoms with Crippen LogP contribution in [0.4, 0.5) is 4.39 Å². The number of phenols is 2. The van der Waals surface area contributed by atoms with E-state index in [0.717, 1.165) is 0 Å². The van der Waals surface area contributed by atoms with Crippen LogP contribution in [0, 0.1) is 5.82 Å². The Bertz CT molecular complexity index is 449. The van der Waals surface area contributed by atoms with E-state index in [1.807, 2.05) is 0 Å². The highest BCUT2D eigenvalue weighted by atomic mass is 79.9. The fourth-order valence-corrected chi connectivity index (χ4v) is 1.81. The summed E-state index contributed by atoms with van der Waals surface area (Å²) in [5, 5.41) is 28.0. The zero-order valence-electron chi connectivity index (χ0n) is 8.78. The smallest absolute Gasteiger partial charge is 0.339 e. The van der Waals surface area contributed by atoms with Gasteiger partial charge in [-0.1, -0.05) is 0 Å². The van der Waals surface area contributed by atoms with Gasteiger partial charge in [0.1, 0.15) is 5.82 Å². The maximum Gasteiger partial charge on any atom is 0.339 e. The lowest BCUT2D eigenvalue weighted by Crippen LogP contribution is -2.17. The second kappa shape index (κ2) is 5.33. The van der Waals surface area contributed by atoms with Crippen LogP contribution >= 0.6 is 15.9 Å². The first-order valence-electron chi connectivity index (χ1n) is 4.64. The third kappa shape index (κ3) is 2.67. The monoisotopic (exact) mass is 308 g/mol. The van der Waals surface area contributed by atoms with E-state index in [-0.39, 0.29) is 11.1 Å². The van der Waals surface area contributed by atoms with E-state index < -0.39 is 35.0 Å². The molecule has 3 N–H and O–H groups in total. The van der Waals surface area contributed by atoms with Crippen LogP contribution in [0.2, 0.25) is 0 Å². The normalized spacial score (nSPS) is 12.2. The average Bonchev–Trinajstić information content (AvgIpc) is 2.26. The second-order valence-corrected chi connectivity index (χ2v) is 3.90. The first kappa shape index (κ1) is 13.7. The highest BCUT2D eigenvalue weighted by Crippen LogP contribution is 2.40. The fourth-order valence-electron chi connectivity index (χ4n) is 1.20. The molecular weight excluding hydrogens is 299 g/mol. The van der Waals surface area contributed by atoms with Gasteiger partial charge in [0.15, 0.2) is 17.6 Å². The Morgan fingerprint density at radius 3 is 2.71 bits per heavy atom. The summed E-state index contributed by atoms with van der Waals surface area (Å²) in [6.07, 6.45) is -1.88. The number of rotatable bonds is 3. The molecule has 94 valence electrons. The molecule has 7 heteroatoms. The number of esters is 1. The number of halogens is 2. The predicted molar refractivity (Wildman–Crippen MR) is 59.0 cm³/mol. The molecule has 0 aromatic heterocycles. The number of carbonyl (C=O) groups is 1. The Balaban J connectivity index is 3.22. The lowest BCUT2D eigenvalue weighted by Gasteiger charge is -2.14. The Morgan fingerprint density at radius 1 is 1.59 bits per heavy atom. The quantitative estimate of drug-likeness (QED) is 0.583. The molecule has 5 nitrogen and oxygen atoms in total. The number of aliphatic hydroxyl groups is 1. The largest absolute Gasteiger partial charge is 0.504 e. The maximum absolute atomic E-state index is 13.5. The summed E-state index contributed by atoms with van der Waals surface area (Å²) in [6.45, 7) is 1.56. The zero-order chi connectivity index (χ0) is 13.2. The van der Waals surface area contributed by atoms with Gasteiger partial charge in [0.25, 0.3) is 0 Å². The predicted octanol–water partition coefficient (Wildman–Crippen LogP) is 1.60. The van der Waals surface area contributed by atoms with Crippen molar-refractivity contribution in [1.82, 2.24) is 0 Å². The van der Waals surface area contributed by atoms with Gasteiger partial charge >= 0.3 is 5.97 Å². The molecule has 1 aromatic rings. The fraction of sp³-hybridized carbons (Fsp3) is 0.300. The standard InChI is InChI=1S/C10H10BrFO5/c1-2-17-10(16)9(15)6-4(12)3-5(13)8(14)7(6)11/h3,9,13-15H,2H2,1H3. The van der Waals surface area contributed by atoms with Gasteiger partial charge in [0, 0.05) is 11.6 Å². The Hall–Kier alpha value is -1.34. The van der Waals surface area contributed by atoms with Gasteiger partial charge in [-0.2, -0.15) is 0 Å². The number of hydrogen-bond acceptors (Lipinski definition) is 5. The summed E-state index contributed by atoms with van der Waals surface area (Å²) in [6, 6.07) is 0.595. The molecule has 0 amide bonds. The Kier molecular flexibility index (Phi) is 4.30. The van der Waals surface area contributed by atoms with Crippen LogP contribution in [-0.4, -0.2) is 27.9 Å². The van der Waals surface area contributed by atoms with Gasteiger partial charge in [-0.25, -0.2) is 9.18 Å². The first-order valence-corrected chi connectivity index (χ1v) is 5.44. The van der Waals surface area contributed by atoms with Gasteiger partial charge in [-0.05, 0) is 22.9 Å². The zero-order valence-corrected chi connectivity index (χ0v) is 10.4. The van der Waals surface area contributed by atoms with Crippen LogP contribution in [0.1, 0.15) is 18.6 Å². The van der Waals surface area contributed by atoms with Crippen molar-refractivity contribution in [2.75, 3.05) is 6.61 Å². The van der Waals surface area contributed by atoms with Crippen molar-refractivity contribution >= 4 is 21.9 Å². The molecule has 1 rings (SSSR count). The number of aromatic hydroxyl groups is 2. The minimum absolute atomic E-state index is 0.0270. The molecule has 0 saturated heterocycles. The van der Waals surface area contributed by atoms with Gasteiger partial charge in [0.2, 0.25) is 0 Å². The van der Waals surface area contributed by atoms with E-state index in [9.17, 15) is 19.4 Å². The number of aliphatic hydroxyl groups excluding tert-OH is 1. The molecule has 0 aliphatic heterocycles. The molecule has 1 unspecified atom stereocenters. The molecule has 1 atom stereocenters. The van der Waals surface area contributed by atoms with Gasteiger partial charge in [-0.3, -0.25) is 0 Å². The topological polar surface area (TPSA) is 87.0 Å². The highest BCUT2D eigenvalue weighted by Gasteiger charge is 2.27. The SMILES string of the molecule is CCOC(=O)C(O)c1c(F)cc(O)c(O)c1Br. The molecule has 0 bridgehead atoms. The van der Waals surface area contributed by atoms with Crippen molar-refractivity contribution in [3.05, 3.63) is 21.9 Å².